The third kappa shape index (κ3) is 1.82. The molecule has 0 saturated heterocycles. The highest BCUT2D eigenvalue weighted by atomic mass is 16.5. The van der Waals surface area contributed by atoms with Crippen LogP contribution in [0.4, 0.5) is 0 Å². The monoisotopic (exact) mass is 239 g/mol. The summed E-state index contributed by atoms with van der Waals surface area (Å²) in [4.78, 5) is 0. The van der Waals surface area contributed by atoms with E-state index in [0.717, 1.165) is 22.3 Å². The first-order chi connectivity index (χ1) is 8.88. The first-order valence-electron chi connectivity index (χ1n) is 5.78. The number of para-hydroxylation sites is 2. The van der Waals surface area contributed by atoms with Crippen molar-refractivity contribution in [2.24, 2.45) is 0 Å². The quantitative estimate of drug-likeness (QED) is 0.705. The standard InChI is InChI=1S/C14H13N3O/c1-18-14-9-5-2-6-11(14)10-17-13-8-4-3-7-12(13)15-16-17/h2-9H,10H2,1H3. The molecule has 0 N–H and O–H groups in total. The van der Waals surface area contributed by atoms with Gasteiger partial charge in [-0.05, 0) is 18.2 Å². The Balaban J connectivity index is 2.01. The number of rotatable bonds is 3. The Kier molecular flexibility index (Phi) is 2.68. The van der Waals surface area contributed by atoms with Crippen molar-refractivity contribution in [2.75, 3.05) is 7.11 Å². The molecular weight excluding hydrogens is 226 g/mol. The Bertz CT molecular complexity index is 675. The number of aromatic nitrogens is 3. The number of hydrogen-bond donors (Lipinski definition) is 0. The first kappa shape index (κ1) is 10.8. The lowest BCUT2D eigenvalue weighted by atomic mass is 10.2. The van der Waals surface area contributed by atoms with Crippen LogP contribution in [-0.4, -0.2) is 22.1 Å². The predicted octanol–water partition coefficient (Wildman–Crippen LogP) is 2.49. The van der Waals surface area contributed by atoms with Gasteiger partial charge < -0.3 is 4.74 Å². The van der Waals surface area contributed by atoms with Crippen LogP contribution in [0.3, 0.4) is 0 Å². The lowest BCUT2D eigenvalue weighted by Crippen LogP contribution is -2.03. The first-order valence-corrected chi connectivity index (χ1v) is 5.78. The van der Waals surface area contributed by atoms with Crippen molar-refractivity contribution in [1.29, 1.82) is 0 Å². The van der Waals surface area contributed by atoms with Gasteiger partial charge in [0.1, 0.15) is 11.3 Å². The van der Waals surface area contributed by atoms with Crippen LogP contribution < -0.4 is 4.74 Å². The third-order valence-corrected chi connectivity index (χ3v) is 2.93. The van der Waals surface area contributed by atoms with Crippen molar-refractivity contribution in [3.8, 4) is 5.75 Å². The van der Waals surface area contributed by atoms with Crippen LogP contribution in [0.1, 0.15) is 5.56 Å². The molecule has 0 aliphatic heterocycles. The Morgan fingerprint density at radius 1 is 1.06 bits per heavy atom. The number of fused-ring (bicyclic) bond motifs is 1. The van der Waals surface area contributed by atoms with E-state index in [-0.39, 0.29) is 0 Å². The highest BCUT2D eigenvalue weighted by Crippen LogP contribution is 2.20. The van der Waals surface area contributed by atoms with Gasteiger partial charge in [0.2, 0.25) is 0 Å². The lowest BCUT2D eigenvalue weighted by Gasteiger charge is -2.08. The molecule has 90 valence electrons. The van der Waals surface area contributed by atoms with Crippen molar-refractivity contribution in [2.45, 2.75) is 6.54 Å². The van der Waals surface area contributed by atoms with Crippen molar-refractivity contribution >= 4 is 11.0 Å². The van der Waals surface area contributed by atoms with E-state index in [0.29, 0.717) is 6.54 Å². The van der Waals surface area contributed by atoms with Gasteiger partial charge in [-0.3, -0.25) is 0 Å². The molecule has 2 aromatic carbocycles. The van der Waals surface area contributed by atoms with Gasteiger partial charge in [0.25, 0.3) is 0 Å². The minimum absolute atomic E-state index is 0.657. The summed E-state index contributed by atoms with van der Waals surface area (Å²) < 4.78 is 7.23. The van der Waals surface area contributed by atoms with Gasteiger partial charge in [-0.15, -0.1) is 5.10 Å². The summed E-state index contributed by atoms with van der Waals surface area (Å²) in [5.74, 6) is 0.872. The van der Waals surface area contributed by atoms with Crippen molar-refractivity contribution in [3.05, 3.63) is 54.1 Å². The molecule has 0 bridgehead atoms. The van der Waals surface area contributed by atoms with Crippen molar-refractivity contribution in [3.63, 3.8) is 0 Å². The van der Waals surface area contributed by atoms with Crippen LogP contribution in [0.2, 0.25) is 0 Å². The zero-order valence-electron chi connectivity index (χ0n) is 10.1. The molecule has 0 spiro atoms. The molecule has 4 nitrogen and oxygen atoms in total. The molecule has 0 atom stereocenters. The maximum absolute atomic E-state index is 5.34. The second kappa shape index (κ2) is 4.49. The van der Waals surface area contributed by atoms with E-state index in [2.05, 4.69) is 10.3 Å². The van der Waals surface area contributed by atoms with Gasteiger partial charge in [0, 0.05) is 5.56 Å². The molecule has 3 rings (SSSR count). The van der Waals surface area contributed by atoms with Gasteiger partial charge in [0.15, 0.2) is 0 Å². The number of methoxy groups -OCH3 is 1. The average Bonchev–Trinajstić information content (AvgIpc) is 2.83. The Hall–Kier alpha value is -2.36. The molecule has 3 aromatic rings. The molecule has 4 heteroatoms. The van der Waals surface area contributed by atoms with Gasteiger partial charge in [-0.1, -0.05) is 35.5 Å². The smallest absolute Gasteiger partial charge is 0.123 e. The molecule has 18 heavy (non-hydrogen) atoms. The molecule has 0 aliphatic rings. The maximum atomic E-state index is 5.34. The third-order valence-electron chi connectivity index (χ3n) is 2.93. The fraction of sp³-hybridized carbons (Fsp3) is 0.143. The van der Waals surface area contributed by atoms with Gasteiger partial charge in [-0.2, -0.15) is 0 Å². The number of nitrogens with zero attached hydrogens (tertiary/aromatic N) is 3. The van der Waals surface area contributed by atoms with E-state index in [9.17, 15) is 0 Å². The molecule has 0 amide bonds. The normalized spacial score (nSPS) is 10.7. The van der Waals surface area contributed by atoms with E-state index in [1.165, 1.54) is 0 Å². The zero-order chi connectivity index (χ0) is 12.4. The topological polar surface area (TPSA) is 39.9 Å². The second-order valence-electron chi connectivity index (χ2n) is 4.05. The van der Waals surface area contributed by atoms with Gasteiger partial charge in [0.05, 0.1) is 19.2 Å². The molecule has 0 fully saturated rings. The van der Waals surface area contributed by atoms with Crippen LogP contribution in [0, 0.1) is 0 Å². The van der Waals surface area contributed by atoms with Crippen molar-refractivity contribution < 1.29 is 4.74 Å². The van der Waals surface area contributed by atoms with Crippen LogP contribution in [0.15, 0.2) is 48.5 Å². The zero-order valence-corrected chi connectivity index (χ0v) is 10.1. The highest BCUT2D eigenvalue weighted by molar-refractivity contribution is 5.73. The highest BCUT2D eigenvalue weighted by Gasteiger charge is 2.07. The summed E-state index contributed by atoms with van der Waals surface area (Å²) in [5, 5.41) is 8.32. The summed E-state index contributed by atoms with van der Waals surface area (Å²) in [5.41, 5.74) is 3.03. The molecule has 1 heterocycles. The van der Waals surface area contributed by atoms with Crippen LogP contribution in [0.25, 0.3) is 11.0 Å². The minimum Gasteiger partial charge on any atom is -0.496 e. The van der Waals surface area contributed by atoms with E-state index >= 15 is 0 Å². The summed E-state index contributed by atoms with van der Waals surface area (Å²) in [6.45, 7) is 0.657. The number of hydrogen-bond acceptors (Lipinski definition) is 3. The lowest BCUT2D eigenvalue weighted by molar-refractivity contribution is 0.407. The van der Waals surface area contributed by atoms with E-state index in [4.69, 9.17) is 4.74 Å². The summed E-state index contributed by atoms with van der Waals surface area (Å²) in [7, 11) is 1.68. The minimum atomic E-state index is 0.657. The molecule has 0 aliphatic carbocycles. The summed E-state index contributed by atoms with van der Waals surface area (Å²) in [6, 6.07) is 15.9. The van der Waals surface area contributed by atoms with Crippen LogP contribution >= 0.6 is 0 Å². The van der Waals surface area contributed by atoms with E-state index in [1.54, 1.807) is 7.11 Å². The predicted molar refractivity (Wildman–Crippen MR) is 69.6 cm³/mol. The fourth-order valence-corrected chi connectivity index (χ4v) is 2.03. The SMILES string of the molecule is COc1ccccc1Cn1nnc2ccccc21. The Labute approximate surface area is 105 Å². The van der Waals surface area contributed by atoms with Crippen LogP contribution in [-0.2, 0) is 6.54 Å². The van der Waals surface area contributed by atoms with E-state index < -0.39 is 0 Å². The molecule has 1 aromatic heterocycles. The van der Waals surface area contributed by atoms with Crippen LogP contribution in [0.5, 0.6) is 5.75 Å². The Morgan fingerprint density at radius 3 is 2.72 bits per heavy atom. The fourth-order valence-electron chi connectivity index (χ4n) is 2.03. The van der Waals surface area contributed by atoms with Gasteiger partial charge in [-0.25, -0.2) is 4.68 Å². The molecule has 0 unspecified atom stereocenters. The van der Waals surface area contributed by atoms with Gasteiger partial charge >= 0.3 is 0 Å². The summed E-state index contributed by atoms with van der Waals surface area (Å²) in [6.07, 6.45) is 0. The number of ether oxygens (including phenoxy) is 1. The average molecular weight is 239 g/mol. The molecule has 0 saturated carbocycles. The molecular formula is C14H13N3O. The number of benzene rings is 2. The molecule has 0 radical (unpaired) electrons. The maximum Gasteiger partial charge on any atom is 0.123 e. The Morgan fingerprint density at radius 2 is 1.83 bits per heavy atom. The second-order valence-corrected chi connectivity index (χ2v) is 4.05. The largest absolute Gasteiger partial charge is 0.496 e. The van der Waals surface area contributed by atoms with Crippen molar-refractivity contribution in [1.82, 2.24) is 15.0 Å². The summed E-state index contributed by atoms with van der Waals surface area (Å²) >= 11 is 0. The van der Waals surface area contributed by atoms with E-state index in [1.807, 2.05) is 53.2 Å².